The molecule has 1 atom stereocenters. The summed E-state index contributed by atoms with van der Waals surface area (Å²) >= 11 is 1.45. The Kier molecular flexibility index (Phi) is 6.49. The Morgan fingerprint density at radius 2 is 1.80 bits per heavy atom. The summed E-state index contributed by atoms with van der Waals surface area (Å²) in [4.78, 5) is 39.6. The van der Waals surface area contributed by atoms with Crippen LogP contribution < -0.4 is 11.1 Å². The average Bonchev–Trinajstić information content (AvgIpc) is 3.94. The highest BCUT2D eigenvalue weighted by Gasteiger charge is 2.65. The lowest BCUT2D eigenvalue weighted by molar-refractivity contribution is 0.0637. The topological polar surface area (TPSA) is 117 Å². The van der Waals surface area contributed by atoms with Gasteiger partial charge in [-0.15, -0.1) is 16.4 Å². The summed E-state index contributed by atoms with van der Waals surface area (Å²) in [6.45, 7) is 2.56. The third-order valence-corrected chi connectivity index (χ3v) is 12.2. The lowest BCUT2D eigenvalue weighted by Crippen LogP contribution is -2.40. The molecule has 2 aromatic carbocycles. The van der Waals surface area contributed by atoms with E-state index in [0.29, 0.717) is 71.9 Å². The van der Waals surface area contributed by atoms with Crippen molar-refractivity contribution in [3.63, 3.8) is 0 Å². The minimum Gasteiger partial charge on any atom is -0.388 e. The van der Waals surface area contributed by atoms with Gasteiger partial charge in [0.05, 0.1) is 38.8 Å². The molecule has 2 aliphatic carbocycles. The molecule has 11 rings (SSSR count). The molecule has 0 radical (unpaired) electrons. The van der Waals surface area contributed by atoms with Gasteiger partial charge in [0.25, 0.3) is 11.8 Å². The maximum atomic E-state index is 14.4. The molecule has 13 heteroatoms. The highest BCUT2D eigenvalue weighted by molar-refractivity contribution is 7.23. The van der Waals surface area contributed by atoms with Crippen LogP contribution in [0.25, 0.3) is 32.0 Å². The van der Waals surface area contributed by atoms with Crippen molar-refractivity contribution in [2.45, 2.75) is 57.0 Å². The van der Waals surface area contributed by atoms with Crippen LogP contribution in [0.3, 0.4) is 0 Å². The summed E-state index contributed by atoms with van der Waals surface area (Å²) in [6, 6.07) is 12.6. The van der Waals surface area contributed by atoms with Crippen molar-refractivity contribution in [1.82, 2.24) is 25.1 Å². The van der Waals surface area contributed by atoms with Gasteiger partial charge >= 0.3 is 5.76 Å². The quantitative estimate of drug-likeness (QED) is 0.178. The first-order valence-corrected chi connectivity index (χ1v) is 17.8. The number of aromatic nitrogens is 4. The number of carbonyl (C=O) groups excluding carboxylic acids is 1. The van der Waals surface area contributed by atoms with Crippen molar-refractivity contribution in [3.8, 4) is 21.9 Å². The molecule has 2 bridgehead atoms. The Balaban J connectivity index is 1.16. The Bertz CT molecular complexity index is 2520. The Hall–Kier alpha value is -5.30. The van der Waals surface area contributed by atoms with E-state index < -0.39 is 22.9 Å². The zero-order chi connectivity index (χ0) is 34.8. The molecule has 3 fully saturated rings. The van der Waals surface area contributed by atoms with Crippen LogP contribution in [0.4, 0.5) is 19.0 Å². The molecule has 4 aromatic heterocycles. The van der Waals surface area contributed by atoms with Gasteiger partial charge in [-0.3, -0.25) is 9.78 Å². The number of anilines is 1. The predicted octanol–water partition coefficient (Wildman–Crippen LogP) is 7.39. The number of H-pyrrole nitrogens is 1. The summed E-state index contributed by atoms with van der Waals surface area (Å²) in [5.41, 5.74) is 5.61. The van der Waals surface area contributed by atoms with Crippen LogP contribution in [-0.4, -0.2) is 37.5 Å². The number of aromatic amines is 1. The fourth-order valence-electron chi connectivity index (χ4n) is 8.82. The normalized spacial score (nSPS) is 21.3. The van der Waals surface area contributed by atoms with E-state index in [9.17, 15) is 22.8 Å². The zero-order valence-electron chi connectivity index (χ0n) is 27.3. The van der Waals surface area contributed by atoms with Crippen LogP contribution in [0.5, 0.6) is 0 Å². The van der Waals surface area contributed by atoms with Gasteiger partial charge in [-0.2, -0.15) is 0 Å². The molecule has 3 aliphatic heterocycles. The first kappa shape index (κ1) is 30.5. The molecule has 1 amide bonds. The number of amides is 1. The average molecular weight is 707 g/mol. The molecule has 1 unspecified atom stereocenters. The van der Waals surface area contributed by atoms with E-state index in [-0.39, 0.29) is 23.7 Å². The first-order valence-electron chi connectivity index (χ1n) is 17.0. The number of benzene rings is 2. The number of nitrogens with zero attached hydrogens (tertiary/aromatic N) is 4. The number of fused-ring (bicyclic) bond motifs is 3. The zero-order valence-corrected chi connectivity index (χ0v) is 28.1. The van der Waals surface area contributed by atoms with Crippen molar-refractivity contribution in [2.24, 2.45) is 5.92 Å². The third-order valence-electron chi connectivity index (χ3n) is 11.0. The number of pyridine rings is 2. The van der Waals surface area contributed by atoms with Crippen LogP contribution in [0.2, 0.25) is 0 Å². The highest BCUT2D eigenvalue weighted by atomic mass is 32.1. The maximum Gasteiger partial charge on any atom is 0.434 e. The number of carbonyl (C=O) groups is 1. The molecule has 5 aliphatic rings. The van der Waals surface area contributed by atoms with Crippen LogP contribution in [0.15, 0.2) is 57.7 Å². The first-order chi connectivity index (χ1) is 24.6. The second kappa shape index (κ2) is 10.8. The Morgan fingerprint density at radius 3 is 2.59 bits per heavy atom. The number of nitrogens with one attached hydrogen (secondary N) is 2. The lowest BCUT2D eigenvalue weighted by Gasteiger charge is -2.37. The van der Waals surface area contributed by atoms with E-state index in [1.54, 1.807) is 12.1 Å². The SMILES string of the molecule is Cc1cc2cc(-c3c4c(nc(CCc5ccc(F)cc5)c3-c3n[nH]c(=O)o3)C35CC(CN3C4=O)C5)sc2c(NC2CCc3cc(F)c(F)cc32)n1. The van der Waals surface area contributed by atoms with E-state index in [0.717, 1.165) is 50.3 Å². The molecule has 9 nitrogen and oxygen atoms in total. The molecule has 1 saturated carbocycles. The summed E-state index contributed by atoms with van der Waals surface area (Å²) < 4.78 is 48.5. The number of halogens is 3. The van der Waals surface area contributed by atoms with Gasteiger partial charge in [0.2, 0.25) is 0 Å². The van der Waals surface area contributed by atoms with Gasteiger partial charge in [-0.25, -0.2) is 28.0 Å². The van der Waals surface area contributed by atoms with Crippen LogP contribution in [0, 0.1) is 30.3 Å². The smallest absolute Gasteiger partial charge is 0.388 e. The van der Waals surface area contributed by atoms with Gasteiger partial charge in [-0.05, 0) is 110 Å². The number of rotatable bonds is 7. The standard InChI is InChI=1S/C38H29F3N6O3S/c1-17-10-21-12-28(51-32(21)34(42-17)44-26-9-5-20-11-24(40)25(41)13-23(20)26)30-29(35-45-46-37(49)50-35)27(8-4-18-2-6-22(39)7-3-18)43-33-31(30)36(48)47-16-19-14-38(33,47)15-19/h2-3,6-7,10-13,19,26H,4-5,8-9,14-16H2,1H3,(H,42,44)(H,46,49). The largest absolute Gasteiger partial charge is 0.434 e. The van der Waals surface area contributed by atoms with Crippen molar-refractivity contribution in [3.05, 3.63) is 116 Å². The van der Waals surface area contributed by atoms with Gasteiger partial charge in [0, 0.05) is 22.7 Å². The summed E-state index contributed by atoms with van der Waals surface area (Å²) in [6.07, 6.45) is 3.91. The molecule has 7 heterocycles. The number of hydrogen-bond donors (Lipinski definition) is 2. The van der Waals surface area contributed by atoms with E-state index in [1.807, 2.05) is 24.0 Å². The van der Waals surface area contributed by atoms with Crippen molar-refractivity contribution in [1.29, 1.82) is 0 Å². The lowest BCUT2D eigenvalue weighted by atomic mass is 9.71. The van der Waals surface area contributed by atoms with Crippen LogP contribution >= 0.6 is 11.3 Å². The molecule has 6 aromatic rings. The molecule has 1 spiro atoms. The maximum absolute atomic E-state index is 14.4. The predicted molar refractivity (Wildman–Crippen MR) is 184 cm³/mol. The second-order valence-corrected chi connectivity index (χ2v) is 15.2. The fourth-order valence-corrected chi connectivity index (χ4v) is 9.97. The minimum absolute atomic E-state index is 0.0326. The molecular formula is C38H29F3N6O3S. The van der Waals surface area contributed by atoms with E-state index in [1.165, 1.54) is 35.6 Å². The number of hydrogen-bond acceptors (Lipinski definition) is 8. The van der Waals surface area contributed by atoms with E-state index in [2.05, 4.69) is 15.5 Å². The van der Waals surface area contributed by atoms with E-state index in [4.69, 9.17) is 14.4 Å². The summed E-state index contributed by atoms with van der Waals surface area (Å²) in [7, 11) is 0. The summed E-state index contributed by atoms with van der Waals surface area (Å²) in [5.74, 6) is -1.82. The van der Waals surface area contributed by atoms with Crippen LogP contribution in [-0.2, 0) is 24.8 Å². The molecular weight excluding hydrogens is 678 g/mol. The van der Waals surface area contributed by atoms with Crippen molar-refractivity contribution < 1.29 is 22.4 Å². The van der Waals surface area contributed by atoms with E-state index >= 15 is 0 Å². The summed E-state index contributed by atoms with van der Waals surface area (Å²) in [5, 5.41) is 11.0. The van der Waals surface area contributed by atoms with Crippen molar-refractivity contribution in [2.75, 3.05) is 11.9 Å². The number of thiophene rings is 1. The molecule has 51 heavy (non-hydrogen) atoms. The minimum atomic E-state index is -0.884. The monoisotopic (exact) mass is 706 g/mol. The van der Waals surface area contributed by atoms with Gasteiger partial charge in [-0.1, -0.05) is 12.1 Å². The van der Waals surface area contributed by atoms with Gasteiger partial charge in [0.1, 0.15) is 11.6 Å². The fraction of sp³-hybridized carbons (Fsp3) is 0.289. The molecule has 256 valence electrons. The van der Waals surface area contributed by atoms with Crippen molar-refractivity contribution >= 4 is 33.1 Å². The van der Waals surface area contributed by atoms with Crippen LogP contribution in [0.1, 0.15) is 69.4 Å². The number of aryl methyl sites for hydroxylation is 4. The third kappa shape index (κ3) is 4.56. The van der Waals surface area contributed by atoms with Gasteiger partial charge < -0.3 is 14.6 Å². The Morgan fingerprint density at radius 1 is 1.00 bits per heavy atom. The van der Waals surface area contributed by atoms with Gasteiger partial charge in [0.15, 0.2) is 11.6 Å². The molecule has 2 saturated heterocycles. The molecule has 2 N–H and O–H groups in total. The highest BCUT2D eigenvalue weighted by Crippen LogP contribution is 2.63. The second-order valence-electron chi connectivity index (χ2n) is 14.1. The Labute approximate surface area is 292 Å².